The molecule has 0 saturated carbocycles. The predicted octanol–water partition coefficient (Wildman–Crippen LogP) is -0.0534. The highest BCUT2D eigenvalue weighted by Gasteiger charge is 2.01. The fraction of sp³-hybridized carbons (Fsp3) is 0.500. The highest BCUT2D eigenvalue weighted by molar-refractivity contribution is 5.77. The Morgan fingerprint density at radius 3 is 2.90 bits per heavy atom. The molecule has 0 fully saturated rings. The van der Waals surface area contributed by atoms with Gasteiger partial charge < -0.3 is 0 Å². The van der Waals surface area contributed by atoms with Crippen LogP contribution in [0.3, 0.4) is 0 Å². The molecule has 0 saturated heterocycles. The second kappa shape index (κ2) is 2.60. The number of ketones is 1. The summed E-state index contributed by atoms with van der Waals surface area (Å²) in [5.74, 6) is 0.130. The first-order valence-electron chi connectivity index (χ1n) is 3.03. The minimum Gasteiger partial charge on any atom is -0.300 e. The number of hydrogen-bond donors (Lipinski definition) is 0. The van der Waals surface area contributed by atoms with Crippen molar-refractivity contribution in [3.8, 4) is 0 Å². The Labute approximate surface area is 58.8 Å². The topological polar surface area (TPSA) is 47.8 Å². The number of rotatable bonds is 2. The minimum atomic E-state index is 0.130. The summed E-state index contributed by atoms with van der Waals surface area (Å²) in [6, 6.07) is 0. The van der Waals surface area contributed by atoms with Crippen molar-refractivity contribution in [2.24, 2.45) is 7.05 Å². The molecule has 0 spiro atoms. The van der Waals surface area contributed by atoms with Gasteiger partial charge >= 0.3 is 0 Å². The summed E-state index contributed by atoms with van der Waals surface area (Å²) in [5.41, 5.74) is 0.854. The van der Waals surface area contributed by atoms with Crippen LogP contribution in [0.5, 0.6) is 0 Å². The molecule has 0 bridgehead atoms. The standard InChI is InChI=1S/C6H9N3O/c1-5(10)3-6-4-7-8-9(6)2/h4H,3H2,1-2H3. The van der Waals surface area contributed by atoms with E-state index in [1.165, 1.54) is 0 Å². The normalized spacial score (nSPS) is 9.80. The van der Waals surface area contributed by atoms with E-state index in [9.17, 15) is 4.79 Å². The minimum absolute atomic E-state index is 0.130. The van der Waals surface area contributed by atoms with Gasteiger partial charge in [-0.1, -0.05) is 5.21 Å². The summed E-state index contributed by atoms with van der Waals surface area (Å²) in [6.45, 7) is 1.55. The van der Waals surface area contributed by atoms with E-state index in [2.05, 4.69) is 10.3 Å². The molecule has 1 rings (SSSR count). The number of carbonyl (C=O) groups excluding carboxylic acids is 1. The zero-order valence-electron chi connectivity index (χ0n) is 6.03. The highest BCUT2D eigenvalue weighted by Crippen LogP contribution is 1.94. The summed E-state index contributed by atoms with van der Waals surface area (Å²) in [6.07, 6.45) is 2.02. The third kappa shape index (κ3) is 1.40. The Kier molecular flexibility index (Phi) is 1.80. The van der Waals surface area contributed by atoms with Crippen LogP contribution in [-0.4, -0.2) is 20.8 Å². The van der Waals surface area contributed by atoms with Crippen LogP contribution >= 0.6 is 0 Å². The Morgan fingerprint density at radius 2 is 2.50 bits per heavy atom. The Bertz CT molecular complexity index is 241. The summed E-state index contributed by atoms with van der Waals surface area (Å²) in [4.78, 5) is 10.6. The first kappa shape index (κ1) is 6.92. The highest BCUT2D eigenvalue weighted by atomic mass is 16.1. The fourth-order valence-electron chi connectivity index (χ4n) is 0.726. The Morgan fingerprint density at radius 1 is 1.80 bits per heavy atom. The summed E-state index contributed by atoms with van der Waals surface area (Å²) < 4.78 is 1.60. The second-order valence-corrected chi connectivity index (χ2v) is 2.23. The molecule has 0 aliphatic rings. The van der Waals surface area contributed by atoms with Gasteiger partial charge in [0.05, 0.1) is 11.9 Å². The summed E-state index contributed by atoms with van der Waals surface area (Å²) in [7, 11) is 1.77. The molecule has 1 aromatic rings. The van der Waals surface area contributed by atoms with Gasteiger partial charge in [-0.3, -0.25) is 9.48 Å². The first-order valence-corrected chi connectivity index (χ1v) is 3.03. The SMILES string of the molecule is CC(=O)Cc1cnnn1C. The van der Waals surface area contributed by atoms with E-state index in [-0.39, 0.29) is 5.78 Å². The largest absolute Gasteiger partial charge is 0.300 e. The Hall–Kier alpha value is -1.19. The number of nitrogens with zero attached hydrogens (tertiary/aromatic N) is 3. The zero-order chi connectivity index (χ0) is 7.56. The third-order valence-corrected chi connectivity index (χ3v) is 1.24. The monoisotopic (exact) mass is 139 g/mol. The van der Waals surface area contributed by atoms with E-state index in [1.807, 2.05) is 0 Å². The van der Waals surface area contributed by atoms with Crippen molar-refractivity contribution >= 4 is 5.78 Å². The fourth-order valence-corrected chi connectivity index (χ4v) is 0.726. The van der Waals surface area contributed by atoms with E-state index in [0.717, 1.165) is 5.69 Å². The lowest BCUT2D eigenvalue weighted by molar-refractivity contribution is -0.116. The maximum absolute atomic E-state index is 10.6. The molecule has 0 aromatic carbocycles. The van der Waals surface area contributed by atoms with Crippen molar-refractivity contribution in [2.45, 2.75) is 13.3 Å². The maximum atomic E-state index is 10.6. The van der Waals surface area contributed by atoms with Crippen LogP contribution in [0.1, 0.15) is 12.6 Å². The van der Waals surface area contributed by atoms with Crippen molar-refractivity contribution in [1.82, 2.24) is 15.0 Å². The molecule has 10 heavy (non-hydrogen) atoms. The number of aromatic nitrogens is 3. The third-order valence-electron chi connectivity index (χ3n) is 1.24. The van der Waals surface area contributed by atoms with Crippen LogP contribution in [0.15, 0.2) is 6.20 Å². The Balaban J connectivity index is 2.74. The van der Waals surface area contributed by atoms with Gasteiger partial charge in [0.15, 0.2) is 0 Å². The molecule has 4 nitrogen and oxygen atoms in total. The molecule has 1 heterocycles. The van der Waals surface area contributed by atoms with Crippen molar-refractivity contribution < 1.29 is 4.79 Å². The van der Waals surface area contributed by atoms with Gasteiger partial charge in [0, 0.05) is 13.5 Å². The number of carbonyl (C=O) groups is 1. The lowest BCUT2D eigenvalue weighted by atomic mass is 10.2. The zero-order valence-corrected chi connectivity index (χ0v) is 6.03. The van der Waals surface area contributed by atoms with Gasteiger partial charge in [-0.15, -0.1) is 5.10 Å². The van der Waals surface area contributed by atoms with Crippen LogP contribution in [-0.2, 0) is 18.3 Å². The number of aryl methyl sites for hydroxylation is 1. The smallest absolute Gasteiger partial charge is 0.135 e. The molecular formula is C6H9N3O. The lowest BCUT2D eigenvalue weighted by Gasteiger charge is -1.93. The van der Waals surface area contributed by atoms with Gasteiger partial charge in [-0.25, -0.2) is 0 Å². The summed E-state index contributed by atoms with van der Waals surface area (Å²) >= 11 is 0. The molecule has 0 unspecified atom stereocenters. The average molecular weight is 139 g/mol. The molecule has 0 radical (unpaired) electrons. The molecule has 0 aliphatic heterocycles. The first-order chi connectivity index (χ1) is 4.70. The van der Waals surface area contributed by atoms with Gasteiger partial charge in [0.2, 0.25) is 0 Å². The van der Waals surface area contributed by atoms with E-state index >= 15 is 0 Å². The van der Waals surface area contributed by atoms with Crippen molar-refractivity contribution in [3.05, 3.63) is 11.9 Å². The van der Waals surface area contributed by atoms with E-state index in [1.54, 1.807) is 24.9 Å². The molecule has 0 aliphatic carbocycles. The van der Waals surface area contributed by atoms with Crippen molar-refractivity contribution in [3.63, 3.8) is 0 Å². The van der Waals surface area contributed by atoms with E-state index < -0.39 is 0 Å². The van der Waals surface area contributed by atoms with Gasteiger partial charge in [0.25, 0.3) is 0 Å². The molecular weight excluding hydrogens is 130 g/mol. The molecule has 1 aromatic heterocycles. The second-order valence-electron chi connectivity index (χ2n) is 2.23. The average Bonchev–Trinajstić information content (AvgIpc) is 2.15. The van der Waals surface area contributed by atoms with Gasteiger partial charge in [-0.05, 0) is 6.92 Å². The van der Waals surface area contributed by atoms with Crippen LogP contribution in [0.25, 0.3) is 0 Å². The molecule has 0 amide bonds. The van der Waals surface area contributed by atoms with Crippen LogP contribution in [0, 0.1) is 0 Å². The quantitative estimate of drug-likeness (QED) is 0.577. The molecule has 0 atom stereocenters. The van der Waals surface area contributed by atoms with Crippen LogP contribution in [0.4, 0.5) is 0 Å². The summed E-state index contributed by atoms with van der Waals surface area (Å²) in [5, 5.41) is 7.32. The van der Waals surface area contributed by atoms with Gasteiger partial charge in [0.1, 0.15) is 5.78 Å². The van der Waals surface area contributed by atoms with E-state index in [4.69, 9.17) is 0 Å². The van der Waals surface area contributed by atoms with Crippen LogP contribution < -0.4 is 0 Å². The lowest BCUT2D eigenvalue weighted by Crippen LogP contribution is -2.03. The van der Waals surface area contributed by atoms with Crippen LogP contribution in [0.2, 0.25) is 0 Å². The molecule has 54 valence electrons. The molecule has 4 heteroatoms. The molecule has 0 N–H and O–H groups in total. The van der Waals surface area contributed by atoms with E-state index in [0.29, 0.717) is 6.42 Å². The van der Waals surface area contributed by atoms with Gasteiger partial charge in [-0.2, -0.15) is 0 Å². The predicted molar refractivity (Wildman–Crippen MR) is 35.4 cm³/mol. The number of Topliss-reactive ketones (excluding diaryl/α,β-unsaturated/α-hetero) is 1. The maximum Gasteiger partial charge on any atom is 0.135 e. The number of hydrogen-bond acceptors (Lipinski definition) is 3. The van der Waals surface area contributed by atoms with Crippen molar-refractivity contribution in [2.75, 3.05) is 0 Å². The van der Waals surface area contributed by atoms with Crippen molar-refractivity contribution in [1.29, 1.82) is 0 Å².